The maximum atomic E-state index is 2.60. The minimum absolute atomic E-state index is 0.700. The Balaban J connectivity index is 1.61. The smallest absolute Gasteiger partial charge is 0.0136 e. The molecule has 0 unspecified atom stereocenters. The standard InChI is InChI=1S/C19H23N/c1-20-18(14-16-8-4-2-5-9-16)12-13-19(20)15-17-10-6-3-7-11-17/h2-11,18-19H,12-15H2,1H3/t18-,19+. The zero-order valence-corrected chi connectivity index (χ0v) is 12.2. The first kappa shape index (κ1) is 13.4. The Hall–Kier alpha value is -1.60. The van der Waals surface area contributed by atoms with Gasteiger partial charge in [0.25, 0.3) is 0 Å². The molecule has 2 aromatic carbocycles. The van der Waals surface area contributed by atoms with Gasteiger partial charge >= 0.3 is 0 Å². The largest absolute Gasteiger partial charge is 0.300 e. The number of hydrogen-bond donors (Lipinski definition) is 0. The van der Waals surface area contributed by atoms with Crippen LogP contribution in [0.5, 0.6) is 0 Å². The van der Waals surface area contributed by atoms with Crippen molar-refractivity contribution in [2.45, 2.75) is 37.8 Å². The molecule has 0 aliphatic carbocycles. The van der Waals surface area contributed by atoms with Crippen molar-refractivity contribution in [2.75, 3.05) is 7.05 Å². The fourth-order valence-corrected chi connectivity index (χ4v) is 3.35. The quantitative estimate of drug-likeness (QED) is 0.809. The Labute approximate surface area is 122 Å². The Morgan fingerprint density at radius 1 is 0.750 bits per heavy atom. The lowest BCUT2D eigenvalue weighted by atomic mass is 10.0. The van der Waals surface area contributed by atoms with E-state index in [2.05, 4.69) is 72.6 Å². The molecule has 0 spiro atoms. The molecule has 1 heterocycles. The number of hydrogen-bond acceptors (Lipinski definition) is 1. The number of likely N-dealkylation sites (N-methyl/N-ethyl adjacent to an activating group) is 1. The summed E-state index contributed by atoms with van der Waals surface area (Å²) >= 11 is 0. The average Bonchev–Trinajstić information content (AvgIpc) is 2.83. The summed E-state index contributed by atoms with van der Waals surface area (Å²) in [7, 11) is 2.30. The van der Waals surface area contributed by atoms with Crippen molar-refractivity contribution < 1.29 is 0 Å². The van der Waals surface area contributed by atoms with Crippen LogP contribution in [-0.4, -0.2) is 24.0 Å². The number of nitrogens with zero attached hydrogens (tertiary/aromatic N) is 1. The van der Waals surface area contributed by atoms with Crippen molar-refractivity contribution in [1.82, 2.24) is 4.90 Å². The van der Waals surface area contributed by atoms with Crippen LogP contribution in [-0.2, 0) is 12.8 Å². The molecule has 1 saturated heterocycles. The SMILES string of the molecule is CN1[C@@H](Cc2ccccc2)CC[C@H]1Cc1ccccc1. The fraction of sp³-hybridized carbons (Fsp3) is 0.368. The van der Waals surface area contributed by atoms with Gasteiger partial charge < -0.3 is 0 Å². The molecule has 1 fully saturated rings. The van der Waals surface area contributed by atoms with E-state index in [4.69, 9.17) is 0 Å². The maximum absolute atomic E-state index is 2.60. The number of likely N-dealkylation sites (tertiary alicyclic amines) is 1. The summed E-state index contributed by atoms with van der Waals surface area (Å²) in [6.45, 7) is 0. The van der Waals surface area contributed by atoms with Crippen LogP contribution < -0.4 is 0 Å². The summed E-state index contributed by atoms with van der Waals surface area (Å²) in [6.07, 6.45) is 5.01. The van der Waals surface area contributed by atoms with Crippen molar-refractivity contribution in [1.29, 1.82) is 0 Å². The third-order valence-corrected chi connectivity index (χ3v) is 4.61. The molecule has 2 aromatic rings. The van der Waals surface area contributed by atoms with Gasteiger partial charge in [-0.05, 0) is 43.9 Å². The zero-order valence-electron chi connectivity index (χ0n) is 12.2. The number of rotatable bonds is 4. The lowest BCUT2D eigenvalue weighted by Gasteiger charge is -2.26. The van der Waals surface area contributed by atoms with Gasteiger partial charge in [-0.2, -0.15) is 0 Å². The van der Waals surface area contributed by atoms with Gasteiger partial charge in [0.2, 0.25) is 0 Å². The Kier molecular flexibility index (Phi) is 4.17. The summed E-state index contributed by atoms with van der Waals surface area (Å²) in [5.41, 5.74) is 2.93. The second-order valence-electron chi connectivity index (χ2n) is 5.93. The van der Waals surface area contributed by atoms with E-state index in [0.29, 0.717) is 12.1 Å². The van der Waals surface area contributed by atoms with E-state index in [1.54, 1.807) is 0 Å². The molecule has 3 rings (SSSR count). The fourth-order valence-electron chi connectivity index (χ4n) is 3.35. The molecule has 104 valence electrons. The monoisotopic (exact) mass is 265 g/mol. The minimum Gasteiger partial charge on any atom is -0.300 e. The second kappa shape index (κ2) is 6.23. The van der Waals surface area contributed by atoms with Gasteiger partial charge in [-0.1, -0.05) is 60.7 Å². The van der Waals surface area contributed by atoms with Crippen LogP contribution in [0, 0.1) is 0 Å². The lowest BCUT2D eigenvalue weighted by molar-refractivity contribution is 0.238. The molecular weight excluding hydrogens is 242 g/mol. The van der Waals surface area contributed by atoms with Gasteiger partial charge in [0.1, 0.15) is 0 Å². The first-order chi connectivity index (χ1) is 9.83. The molecule has 20 heavy (non-hydrogen) atoms. The van der Waals surface area contributed by atoms with E-state index < -0.39 is 0 Å². The van der Waals surface area contributed by atoms with Crippen LogP contribution in [0.15, 0.2) is 60.7 Å². The normalized spacial score (nSPS) is 23.1. The van der Waals surface area contributed by atoms with Crippen LogP contribution in [0.2, 0.25) is 0 Å². The molecule has 1 aliphatic rings. The van der Waals surface area contributed by atoms with Crippen LogP contribution >= 0.6 is 0 Å². The van der Waals surface area contributed by atoms with Crippen LogP contribution in [0.4, 0.5) is 0 Å². The van der Waals surface area contributed by atoms with Gasteiger partial charge in [-0.15, -0.1) is 0 Å². The highest BCUT2D eigenvalue weighted by atomic mass is 15.2. The lowest BCUT2D eigenvalue weighted by Crippen LogP contribution is -2.34. The average molecular weight is 265 g/mol. The molecule has 1 nitrogen and oxygen atoms in total. The Morgan fingerprint density at radius 3 is 1.55 bits per heavy atom. The molecule has 1 aliphatic heterocycles. The zero-order chi connectivity index (χ0) is 13.8. The molecular formula is C19H23N. The highest BCUT2D eigenvalue weighted by molar-refractivity contribution is 5.18. The van der Waals surface area contributed by atoms with Crippen molar-refractivity contribution in [3.05, 3.63) is 71.8 Å². The molecule has 0 radical (unpaired) electrons. The molecule has 0 saturated carbocycles. The van der Waals surface area contributed by atoms with Crippen LogP contribution in [0.1, 0.15) is 24.0 Å². The van der Waals surface area contributed by atoms with E-state index in [-0.39, 0.29) is 0 Å². The van der Waals surface area contributed by atoms with E-state index in [1.807, 2.05) is 0 Å². The van der Waals surface area contributed by atoms with E-state index in [0.717, 1.165) is 0 Å². The van der Waals surface area contributed by atoms with E-state index >= 15 is 0 Å². The predicted octanol–water partition coefficient (Wildman–Crippen LogP) is 3.93. The molecule has 0 bridgehead atoms. The third kappa shape index (κ3) is 3.10. The van der Waals surface area contributed by atoms with Crippen LogP contribution in [0.25, 0.3) is 0 Å². The first-order valence-electron chi connectivity index (χ1n) is 7.63. The summed E-state index contributed by atoms with van der Waals surface area (Å²) in [5.74, 6) is 0. The first-order valence-corrected chi connectivity index (χ1v) is 7.63. The second-order valence-corrected chi connectivity index (χ2v) is 5.93. The van der Waals surface area contributed by atoms with Crippen molar-refractivity contribution in [3.63, 3.8) is 0 Å². The molecule has 0 amide bonds. The highest BCUT2D eigenvalue weighted by Gasteiger charge is 2.30. The van der Waals surface area contributed by atoms with Gasteiger partial charge in [0.15, 0.2) is 0 Å². The number of benzene rings is 2. The third-order valence-electron chi connectivity index (χ3n) is 4.61. The molecule has 2 atom stereocenters. The topological polar surface area (TPSA) is 3.24 Å². The maximum Gasteiger partial charge on any atom is 0.0136 e. The summed E-state index contributed by atoms with van der Waals surface area (Å²) in [5, 5.41) is 0. The summed E-state index contributed by atoms with van der Waals surface area (Å²) < 4.78 is 0. The molecule has 0 N–H and O–H groups in total. The minimum atomic E-state index is 0.700. The van der Waals surface area contributed by atoms with Gasteiger partial charge in [0.05, 0.1) is 0 Å². The van der Waals surface area contributed by atoms with E-state index in [1.165, 1.54) is 36.8 Å². The molecule has 1 heteroatoms. The van der Waals surface area contributed by atoms with Gasteiger partial charge in [-0.3, -0.25) is 4.90 Å². The molecule has 0 aromatic heterocycles. The van der Waals surface area contributed by atoms with Crippen molar-refractivity contribution in [2.24, 2.45) is 0 Å². The summed E-state index contributed by atoms with van der Waals surface area (Å²) in [6, 6.07) is 23.2. The van der Waals surface area contributed by atoms with E-state index in [9.17, 15) is 0 Å². The van der Waals surface area contributed by atoms with Gasteiger partial charge in [0, 0.05) is 12.1 Å². The van der Waals surface area contributed by atoms with Crippen molar-refractivity contribution in [3.8, 4) is 0 Å². The predicted molar refractivity (Wildman–Crippen MR) is 84.9 cm³/mol. The van der Waals surface area contributed by atoms with Crippen molar-refractivity contribution >= 4 is 0 Å². The van der Waals surface area contributed by atoms with Gasteiger partial charge in [-0.25, -0.2) is 0 Å². The van der Waals surface area contributed by atoms with Crippen LogP contribution in [0.3, 0.4) is 0 Å². The Morgan fingerprint density at radius 2 is 1.15 bits per heavy atom. The summed E-state index contributed by atoms with van der Waals surface area (Å²) in [4.78, 5) is 2.60. The highest BCUT2D eigenvalue weighted by Crippen LogP contribution is 2.27. The Bertz CT molecular complexity index is 470.